The summed E-state index contributed by atoms with van der Waals surface area (Å²) in [5.74, 6) is -0.0217. The molecule has 39 heavy (non-hydrogen) atoms. The first kappa shape index (κ1) is 27.5. The smallest absolute Gasteiger partial charge is 0.379 e. The molecule has 5 rings (SSSR count). The molecule has 2 fully saturated rings. The van der Waals surface area contributed by atoms with Crippen LogP contribution in [0.15, 0.2) is 36.7 Å². The summed E-state index contributed by atoms with van der Waals surface area (Å²) in [4.78, 5) is 29.6. The fourth-order valence-electron chi connectivity index (χ4n) is 5.09. The van der Waals surface area contributed by atoms with E-state index in [9.17, 15) is 18.0 Å². The highest BCUT2D eigenvalue weighted by atomic mass is 35.5. The average molecular weight is 563 g/mol. The number of piperidine rings is 1. The molecule has 208 valence electrons. The standard InChI is InChI=1S/C27H30ClF3N6O2/c1-17-6-8-37(9-7-17)23-5-2-19-21(35-23)4-3-20(28)24(19)25(38)32-16-22(36-10-12-39-13-11-36)18-14-33-26(34-15-18)27(29,30)31/h2-5,14-15,17,22H,6-13,16H2,1H3,(H,32,38). The summed E-state index contributed by atoms with van der Waals surface area (Å²) < 4.78 is 44.4. The Morgan fingerprint density at radius 3 is 2.46 bits per heavy atom. The molecule has 2 saturated heterocycles. The number of pyridine rings is 1. The second-order valence-electron chi connectivity index (χ2n) is 10.0. The minimum absolute atomic E-state index is 0.123. The topological polar surface area (TPSA) is 83.5 Å². The maximum Gasteiger partial charge on any atom is 0.451 e. The Morgan fingerprint density at radius 2 is 1.79 bits per heavy atom. The van der Waals surface area contributed by atoms with Crippen LogP contribution in [0.4, 0.5) is 19.0 Å². The number of anilines is 1. The van der Waals surface area contributed by atoms with Gasteiger partial charge in [0.2, 0.25) is 5.82 Å². The normalized spacial score (nSPS) is 18.3. The van der Waals surface area contributed by atoms with Gasteiger partial charge < -0.3 is 15.0 Å². The van der Waals surface area contributed by atoms with Gasteiger partial charge in [-0.3, -0.25) is 9.69 Å². The Morgan fingerprint density at radius 1 is 1.10 bits per heavy atom. The van der Waals surface area contributed by atoms with Gasteiger partial charge in [-0.05, 0) is 43.0 Å². The second kappa shape index (κ2) is 11.6. The number of aromatic nitrogens is 3. The van der Waals surface area contributed by atoms with Gasteiger partial charge in [-0.2, -0.15) is 13.2 Å². The van der Waals surface area contributed by atoms with Crippen molar-refractivity contribution in [2.75, 3.05) is 50.8 Å². The van der Waals surface area contributed by atoms with Crippen LogP contribution in [0.5, 0.6) is 0 Å². The van der Waals surface area contributed by atoms with Crippen LogP contribution in [0.25, 0.3) is 10.9 Å². The number of alkyl halides is 3. The van der Waals surface area contributed by atoms with Crippen molar-refractivity contribution in [1.29, 1.82) is 0 Å². The molecule has 1 atom stereocenters. The van der Waals surface area contributed by atoms with Crippen LogP contribution in [-0.4, -0.2) is 71.7 Å². The SMILES string of the molecule is CC1CCN(c2ccc3c(C(=O)NCC(c4cnc(C(F)(F)F)nc4)N4CCOCC4)c(Cl)ccc3n2)CC1. The molecule has 0 saturated carbocycles. The Balaban J connectivity index is 1.37. The second-order valence-corrected chi connectivity index (χ2v) is 10.4. The maximum absolute atomic E-state index is 13.4. The molecule has 1 aromatic carbocycles. The zero-order valence-electron chi connectivity index (χ0n) is 21.5. The highest BCUT2D eigenvalue weighted by Gasteiger charge is 2.35. The van der Waals surface area contributed by atoms with Crippen molar-refractivity contribution in [3.05, 3.63) is 58.6 Å². The molecule has 1 N–H and O–H groups in total. The van der Waals surface area contributed by atoms with E-state index in [1.54, 1.807) is 12.1 Å². The molecule has 2 aromatic heterocycles. The molecule has 2 aliphatic rings. The van der Waals surface area contributed by atoms with Crippen LogP contribution >= 0.6 is 11.6 Å². The number of fused-ring (bicyclic) bond motifs is 1. The Labute approximate surface area is 229 Å². The summed E-state index contributed by atoms with van der Waals surface area (Å²) >= 11 is 6.49. The van der Waals surface area contributed by atoms with E-state index in [1.165, 1.54) is 12.4 Å². The van der Waals surface area contributed by atoms with Crippen LogP contribution in [0, 0.1) is 5.92 Å². The first-order valence-electron chi connectivity index (χ1n) is 13.0. The molecule has 1 amide bonds. The lowest BCUT2D eigenvalue weighted by atomic mass is 9.99. The molecule has 0 spiro atoms. The van der Waals surface area contributed by atoms with Crippen molar-refractivity contribution >= 4 is 34.2 Å². The fraction of sp³-hybridized carbons (Fsp3) is 0.481. The summed E-state index contributed by atoms with van der Waals surface area (Å²) in [7, 11) is 0. The number of hydrogen-bond acceptors (Lipinski definition) is 7. The number of nitrogens with zero attached hydrogens (tertiary/aromatic N) is 5. The largest absolute Gasteiger partial charge is 0.451 e. The molecule has 1 unspecified atom stereocenters. The van der Waals surface area contributed by atoms with Crippen LogP contribution in [-0.2, 0) is 10.9 Å². The van der Waals surface area contributed by atoms with Crippen molar-refractivity contribution in [2.45, 2.75) is 32.0 Å². The van der Waals surface area contributed by atoms with Gasteiger partial charge in [0.15, 0.2) is 0 Å². The van der Waals surface area contributed by atoms with Gasteiger partial charge in [0, 0.05) is 56.1 Å². The van der Waals surface area contributed by atoms with E-state index < -0.39 is 23.9 Å². The minimum Gasteiger partial charge on any atom is -0.379 e. The molecule has 4 heterocycles. The summed E-state index contributed by atoms with van der Waals surface area (Å²) in [6.45, 7) is 6.32. The minimum atomic E-state index is -4.63. The van der Waals surface area contributed by atoms with E-state index >= 15 is 0 Å². The highest BCUT2D eigenvalue weighted by molar-refractivity contribution is 6.35. The fourth-order valence-corrected chi connectivity index (χ4v) is 5.34. The van der Waals surface area contributed by atoms with Crippen LogP contribution in [0.1, 0.15) is 47.6 Å². The molecule has 8 nitrogen and oxygen atoms in total. The number of nitrogens with one attached hydrogen (secondary N) is 1. The number of amides is 1. The van der Waals surface area contributed by atoms with Crippen molar-refractivity contribution in [1.82, 2.24) is 25.2 Å². The van der Waals surface area contributed by atoms with Crippen molar-refractivity contribution < 1.29 is 22.7 Å². The first-order valence-corrected chi connectivity index (χ1v) is 13.4. The number of morpholine rings is 1. The van der Waals surface area contributed by atoms with Crippen molar-refractivity contribution in [3.8, 4) is 0 Å². The van der Waals surface area contributed by atoms with E-state index in [0.717, 1.165) is 31.7 Å². The van der Waals surface area contributed by atoms with Gasteiger partial charge in [-0.25, -0.2) is 15.0 Å². The molecular weight excluding hydrogens is 533 g/mol. The number of benzene rings is 1. The van der Waals surface area contributed by atoms with E-state index in [4.69, 9.17) is 21.3 Å². The number of ether oxygens (including phenoxy) is 1. The predicted molar refractivity (Wildman–Crippen MR) is 142 cm³/mol. The lowest BCUT2D eigenvalue weighted by molar-refractivity contribution is -0.145. The van der Waals surface area contributed by atoms with Gasteiger partial charge in [0.05, 0.1) is 35.4 Å². The average Bonchev–Trinajstić information content (AvgIpc) is 2.93. The van der Waals surface area contributed by atoms with Gasteiger partial charge in [-0.1, -0.05) is 18.5 Å². The highest BCUT2D eigenvalue weighted by Crippen LogP contribution is 2.30. The maximum atomic E-state index is 13.4. The van der Waals surface area contributed by atoms with Crippen LogP contribution in [0.2, 0.25) is 5.02 Å². The number of carbonyl (C=O) groups excluding carboxylic acids is 1. The molecular formula is C27H30ClF3N6O2. The molecule has 2 aliphatic heterocycles. The van der Waals surface area contributed by atoms with E-state index in [0.29, 0.717) is 59.3 Å². The van der Waals surface area contributed by atoms with E-state index in [2.05, 4.69) is 27.1 Å². The lowest BCUT2D eigenvalue weighted by Crippen LogP contribution is -2.44. The van der Waals surface area contributed by atoms with Gasteiger partial charge >= 0.3 is 6.18 Å². The molecule has 3 aromatic rings. The Hall–Kier alpha value is -3.02. The van der Waals surface area contributed by atoms with Crippen molar-refractivity contribution in [3.63, 3.8) is 0 Å². The predicted octanol–water partition coefficient (Wildman–Crippen LogP) is 4.74. The number of rotatable bonds is 6. The van der Waals surface area contributed by atoms with E-state index in [1.807, 2.05) is 17.0 Å². The lowest BCUT2D eigenvalue weighted by Gasteiger charge is -2.34. The van der Waals surface area contributed by atoms with Crippen molar-refractivity contribution in [2.24, 2.45) is 5.92 Å². The Bertz CT molecular complexity index is 1310. The molecule has 0 aliphatic carbocycles. The first-order chi connectivity index (χ1) is 18.7. The van der Waals surface area contributed by atoms with Gasteiger partial charge in [-0.15, -0.1) is 0 Å². The third kappa shape index (κ3) is 6.26. The molecule has 0 bridgehead atoms. The van der Waals surface area contributed by atoms with Crippen LogP contribution < -0.4 is 10.2 Å². The molecule has 12 heteroatoms. The zero-order valence-corrected chi connectivity index (χ0v) is 22.3. The number of hydrogen-bond donors (Lipinski definition) is 1. The van der Waals surface area contributed by atoms with Crippen LogP contribution in [0.3, 0.4) is 0 Å². The molecule has 0 radical (unpaired) electrons. The monoisotopic (exact) mass is 562 g/mol. The van der Waals surface area contributed by atoms with Gasteiger partial charge in [0.25, 0.3) is 5.91 Å². The third-order valence-corrected chi connectivity index (χ3v) is 7.71. The summed E-state index contributed by atoms with van der Waals surface area (Å²) in [6, 6.07) is 6.82. The summed E-state index contributed by atoms with van der Waals surface area (Å²) in [5.41, 5.74) is 1.45. The summed E-state index contributed by atoms with van der Waals surface area (Å²) in [6.07, 6.45) is -0.0726. The zero-order chi connectivity index (χ0) is 27.6. The Kier molecular flexibility index (Phi) is 8.20. The summed E-state index contributed by atoms with van der Waals surface area (Å²) in [5, 5.41) is 3.86. The quantitative estimate of drug-likeness (QED) is 0.465. The number of halogens is 4. The number of carbonyl (C=O) groups is 1. The van der Waals surface area contributed by atoms with Gasteiger partial charge in [0.1, 0.15) is 5.82 Å². The third-order valence-electron chi connectivity index (χ3n) is 7.39. The van der Waals surface area contributed by atoms with E-state index in [-0.39, 0.29) is 6.54 Å².